The Labute approximate surface area is 124 Å². The summed E-state index contributed by atoms with van der Waals surface area (Å²) in [6.45, 7) is 7.28. The molecule has 0 aromatic heterocycles. The highest BCUT2D eigenvalue weighted by atomic mass is 16.5. The van der Waals surface area contributed by atoms with E-state index in [1.54, 1.807) is 0 Å². The summed E-state index contributed by atoms with van der Waals surface area (Å²) in [6, 6.07) is 0.508. The molecule has 2 atom stereocenters. The summed E-state index contributed by atoms with van der Waals surface area (Å²) in [7, 11) is 0. The maximum absolute atomic E-state index is 6.26. The summed E-state index contributed by atoms with van der Waals surface area (Å²) >= 11 is 0. The smallest absolute Gasteiger partial charge is 0.0834 e. The van der Waals surface area contributed by atoms with Gasteiger partial charge in [-0.05, 0) is 58.4 Å². The van der Waals surface area contributed by atoms with E-state index in [-0.39, 0.29) is 5.60 Å². The molecule has 1 aliphatic carbocycles. The van der Waals surface area contributed by atoms with Crippen LogP contribution in [0.25, 0.3) is 0 Å². The molecule has 2 unspecified atom stereocenters. The van der Waals surface area contributed by atoms with Crippen LogP contribution in [0.5, 0.6) is 0 Å². The second-order valence-electron chi connectivity index (χ2n) is 6.42. The van der Waals surface area contributed by atoms with Gasteiger partial charge in [0.2, 0.25) is 0 Å². The molecule has 2 fully saturated rings. The molecule has 0 radical (unpaired) electrons. The van der Waals surface area contributed by atoms with Gasteiger partial charge in [-0.15, -0.1) is 0 Å². The van der Waals surface area contributed by atoms with Gasteiger partial charge in [-0.2, -0.15) is 0 Å². The van der Waals surface area contributed by atoms with Crippen molar-refractivity contribution >= 4 is 0 Å². The highest BCUT2D eigenvalue weighted by Gasteiger charge is 2.41. The van der Waals surface area contributed by atoms with Gasteiger partial charge in [0.05, 0.1) is 11.7 Å². The van der Waals surface area contributed by atoms with Gasteiger partial charge in [0, 0.05) is 19.3 Å². The fourth-order valence-corrected chi connectivity index (χ4v) is 3.95. The van der Waals surface area contributed by atoms with Gasteiger partial charge in [0.1, 0.15) is 0 Å². The Hall–Kier alpha value is -0.120. The van der Waals surface area contributed by atoms with Gasteiger partial charge in [0.25, 0.3) is 0 Å². The Kier molecular flexibility index (Phi) is 6.79. The Morgan fingerprint density at radius 1 is 1.25 bits per heavy atom. The van der Waals surface area contributed by atoms with Crippen LogP contribution in [0.1, 0.15) is 71.6 Å². The summed E-state index contributed by atoms with van der Waals surface area (Å²) < 4.78 is 12.1. The first-order chi connectivity index (χ1) is 9.80. The molecule has 118 valence electrons. The summed E-state index contributed by atoms with van der Waals surface area (Å²) in [6.07, 6.45) is 11.7. The van der Waals surface area contributed by atoms with Crippen LogP contribution in [-0.4, -0.2) is 37.5 Å². The topological polar surface area (TPSA) is 30.5 Å². The first-order valence-electron chi connectivity index (χ1n) is 8.79. The van der Waals surface area contributed by atoms with Gasteiger partial charge in [-0.3, -0.25) is 0 Å². The van der Waals surface area contributed by atoms with Gasteiger partial charge >= 0.3 is 0 Å². The maximum Gasteiger partial charge on any atom is 0.0834 e. The van der Waals surface area contributed by atoms with E-state index in [0.717, 1.165) is 19.8 Å². The Balaban J connectivity index is 1.92. The van der Waals surface area contributed by atoms with Crippen molar-refractivity contribution in [3.8, 4) is 0 Å². The SMILES string of the molecule is CCCNC(CCC1CCCO1)C1(OCC)CCCC1. The molecular formula is C17H33NO2. The quantitative estimate of drug-likeness (QED) is 0.700. The minimum absolute atomic E-state index is 0.0997. The van der Waals surface area contributed by atoms with Crippen molar-refractivity contribution in [2.45, 2.75) is 89.4 Å². The van der Waals surface area contributed by atoms with Crippen molar-refractivity contribution in [2.75, 3.05) is 19.8 Å². The van der Waals surface area contributed by atoms with Crippen LogP contribution in [0, 0.1) is 0 Å². The van der Waals surface area contributed by atoms with Crippen molar-refractivity contribution in [1.29, 1.82) is 0 Å². The van der Waals surface area contributed by atoms with Crippen molar-refractivity contribution in [2.24, 2.45) is 0 Å². The van der Waals surface area contributed by atoms with E-state index in [2.05, 4.69) is 19.2 Å². The molecule has 20 heavy (non-hydrogen) atoms. The van der Waals surface area contributed by atoms with Crippen molar-refractivity contribution in [1.82, 2.24) is 5.32 Å². The molecule has 3 heteroatoms. The zero-order valence-electron chi connectivity index (χ0n) is 13.5. The molecule has 0 spiro atoms. The highest BCUT2D eigenvalue weighted by molar-refractivity contribution is 4.97. The third-order valence-corrected chi connectivity index (χ3v) is 4.96. The molecule has 0 amide bonds. The van der Waals surface area contributed by atoms with Crippen LogP contribution >= 0.6 is 0 Å². The second-order valence-corrected chi connectivity index (χ2v) is 6.42. The molecule has 0 aromatic carbocycles. The summed E-state index contributed by atoms with van der Waals surface area (Å²) in [5.74, 6) is 0. The van der Waals surface area contributed by atoms with E-state index < -0.39 is 0 Å². The molecular weight excluding hydrogens is 250 g/mol. The monoisotopic (exact) mass is 283 g/mol. The second kappa shape index (κ2) is 8.35. The fourth-order valence-electron chi connectivity index (χ4n) is 3.95. The van der Waals surface area contributed by atoms with E-state index in [0.29, 0.717) is 12.1 Å². The predicted molar refractivity (Wildman–Crippen MR) is 83.1 cm³/mol. The van der Waals surface area contributed by atoms with Crippen molar-refractivity contribution < 1.29 is 9.47 Å². The first-order valence-corrected chi connectivity index (χ1v) is 8.79. The van der Waals surface area contributed by atoms with E-state index in [1.807, 2.05) is 0 Å². The van der Waals surface area contributed by atoms with E-state index in [4.69, 9.17) is 9.47 Å². The van der Waals surface area contributed by atoms with E-state index >= 15 is 0 Å². The van der Waals surface area contributed by atoms with E-state index in [1.165, 1.54) is 57.8 Å². The van der Waals surface area contributed by atoms with Crippen molar-refractivity contribution in [3.05, 3.63) is 0 Å². The fraction of sp³-hybridized carbons (Fsp3) is 1.00. The Bertz CT molecular complexity index is 258. The Morgan fingerprint density at radius 3 is 2.65 bits per heavy atom. The lowest BCUT2D eigenvalue weighted by Gasteiger charge is -2.38. The van der Waals surface area contributed by atoms with Crippen LogP contribution in [-0.2, 0) is 9.47 Å². The summed E-state index contributed by atoms with van der Waals surface area (Å²) in [5.41, 5.74) is 0.0997. The molecule has 0 bridgehead atoms. The molecule has 1 aliphatic heterocycles. The van der Waals surface area contributed by atoms with Crippen LogP contribution in [0.2, 0.25) is 0 Å². The predicted octanol–water partition coefficient (Wildman–Crippen LogP) is 3.66. The van der Waals surface area contributed by atoms with Gasteiger partial charge in [0.15, 0.2) is 0 Å². The van der Waals surface area contributed by atoms with Gasteiger partial charge in [-0.25, -0.2) is 0 Å². The third-order valence-electron chi connectivity index (χ3n) is 4.96. The highest BCUT2D eigenvalue weighted by Crippen LogP contribution is 2.38. The molecule has 0 aromatic rings. The van der Waals surface area contributed by atoms with Gasteiger partial charge < -0.3 is 14.8 Å². The van der Waals surface area contributed by atoms with Crippen LogP contribution < -0.4 is 5.32 Å². The number of ether oxygens (including phenoxy) is 2. The van der Waals surface area contributed by atoms with Gasteiger partial charge in [-0.1, -0.05) is 19.8 Å². The number of rotatable bonds is 9. The minimum atomic E-state index is 0.0997. The third kappa shape index (κ3) is 4.19. The number of hydrogen-bond acceptors (Lipinski definition) is 3. The van der Waals surface area contributed by atoms with E-state index in [9.17, 15) is 0 Å². The number of hydrogen-bond donors (Lipinski definition) is 1. The standard InChI is InChI=1S/C17H33NO2/c1-3-13-18-16(10-9-15-8-7-14-19-15)17(20-4-2)11-5-6-12-17/h15-16,18H,3-14H2,1-2H3. The molecule has 1 saturated heterocycles. The molecule has 3 nitrogen and oxygen atoms in total. The molecule has 1 N–H and O–H groups in total. The summed E-state index contributed by atoms with van der Waals surface area (Å²) in [5, 5.41) is 3.78. The van der Waals surface area contributed by atoms with Crippen LogP contribution in [0.3, 0.4) is 0 Å². The number of nitrogens with one attached hydrogen (secondary N) is 1. The molecule has 2 rings (SSSR count). The minimum Gasteiger partial charge on any atom is -0.378 e. The zero-order valence-corrected chi connectivity index (χ0v) is 13.5. The lowest BCUT2D eigenvalue weighted by molar-refractivity contribution is -0.0656. The normalized spacial score (nSPS) is 27.0. The lowest BCUT2D eigenvalue weighted by Crippen LogP contribution is -2.51. The van der Waals surface area contributed by atoms with Crippen LogP contribution in [0.15, 0.2) is 0 Å². The summed E-state index contributed by atoms with van der Waals surface area (Å²) in [4.78, 5) is 0. The lowest BCUT2D eigenvalue weighted by atomic mass is 9.87. The van der Waals surface area contributed by atoms with Crippen LogP contribution in [0.4, 0.5) is 0 Å². The maximum atomic E-state index is 6.26. The largest absolute Gasteiger partial charge is 0.378 e. The average Bonchev–Trinajstić information content (AvgIpc) is 3.11. The average molecular weight is 283 g/mol. The first kappa shape index (κ1) is 16.3. The molecule has 2 aliphatic rings. The molecule has 1 heterocycles. The Morgan fingerprint density at radius 2 is 2.05 bits per heavy atom. The molecule has 1 saturated carbocycles. The van der Waals surface area contributed by atoms with Crippen molar-refractivity contribution in [3.63, 3.8) is 0 Å². The zero-order chi connectivity index (χ0) is 14.3.